The van der Waals surface area contributed by atoms with Gasteiger partial charge in [0.1, 0.15) is 11.6 Å². The molecule has 8 nitrogen and oxygen atoms in total. The third kappa shape index (κ3) is 6.12. The van der Waals surface area contributed by atoms with Gasteiger partial charge in [-0.3, -0.25) is 4.79 Å². The van der Waals surface area contributed by atoms with Crippen molar-refractivity contribution < 1.29 is 37.0 Å². The lowest BCUT2D eigenvalue weighted by atomic mass is 10.1. The van der Waals surface area contributed by atoms with Crippen LogP contribution in [-0.4, -0.2) is 58.4 Å². The van der Waals surface area contributed by atoms with Crippen molar-refractivity contribution in [2.75, 3.05) is 23.8 Å². The number of nitrogens with zero attached hydrogens (tertiary/aromatic N) is 2. The molecular weight excluding hydrogens is 496 g/mol. The molecule has 3 rings (SSSR count). The first kappa shape index (κ1) is 26.5. The van der Waals surface area contributed by atoms with E-state index >= 15 is 0 Å². The minimum absolute atomic E-state index is 0.0714. The number of hydrogen-bond donors (Lipinski definition) is 3. The van der Waals surface area contributed by atoms with Crippen LogP contribution in [0.5, 0.6) is 5.75 Å². The number of benzene rings is 1. The first-order valence-corrected chi connectivity index (χ1v) is 11.0. The second kappa shape index (κ2) is 10.6. The molecule has 35 heavy (non-hydrogen) atoms. The molecule has 0 bridgehead atoms. The number of urea groups is 1. The van der Waals surface area contributed by atoms with E-state index < -0.39 is 53.1 Å². The molecule has 190 valence electrons. The third-order valence-electron chi connectivity index (χ3n) is 5.52. The number of likely N-dealkylation sites (tertiary alicyclic amines) is 1. The molecule has 1 aliphatic heterocycles. The zero-order valence-electron chi connectivity index (χ0n) is 18.7. The number of halogens is 5. The van der Waals surface area contributed by atoms with Crippen molar-refractivity contribution in [1.29, 1.82) is 0 Å². The van der Waals surface area contributed by atoms with Crippen molar-refractivity contribution in [2.24, 2.45) is 0 Å². The van der Waals surface area contributed by atoms with Crippen molar-refractivity contribution in [3.63, 3.8) is 0 Å². The highest BCUT2D eigenvalue weighted by atomic mass is 35.5. The number of rotatable bonds is 6. The molecule has 2 atom stereocenters. The number of anilines is 2. The standard InChI is InChI=1S/C22H23ClF4N4O4/c1-11-5-6-28-19(23)18(11)30-20(33)14-8-15(24)16(9-17(14)35-12(2)22(25,26)27)29-21(34)31-7-3-4-13(31)10-32/h5-6,8-9,12-13,32H,3-4,7,10H2,1-2H3,(H,29,34)(H,30,33). The maximum absolute atomic E-state index is 14.9. The molecule has 1 aromatic carbocycles. The van der Waals surface area contributed by atoms with Gasteiger partial charge in [0.2, 0.25) is 0 Å². The average Bonchev–Trinajstić information content (AvgIpc) is 3.26. The van der Waals surface area contributed by atoms with Crippen LogP contribution in [0.2, 0.25) is 5.15 Å². The molecule has 2 unspecified atom stereocenters. The number of hydrogen-bond acceptors (Lipinski definition) is 5. The van der Waals surface area contributed by atoms with Crippen LogP contribution in [0.25, 0.3) is 0 Å². The fraction of sp³-hybridized carbons (Fsp3) is 0.409. The first-order chi connectivity index (χ1) is 16.4. The zero-order chi connectivity index (χ0) is 25.9. The highest BCUT2D eigenvalue weighted by Crippen LogP contribution is 2.33. The number of carbonyl (C=O) groups is 2. The largest absolute Gasteiger partial charge is 0.480 e. The molecule has 0 radical (unpaired) electrons. The van der Waals surface area contributed by atoms with E-state index in [4.69, 9.17) is 16.3 Å². The number of amides is 3. The average molecular weight is 519 g/mol. The number of nitrogens with one attached hydrogen (secondary N) is 2. The van der Waals surface area contributed by atoms with Crippen molar-refractivity contribution in [3.8, 4) is 5.75 Å². The number of alkyl halides is 3. The highest BCUT2D eigenvalue weighted by molar-refractivity contribution is 6.33. The zero-order valence-corrected chi connectivity index (χ0v) is 19.5. The van der Waals surface area contributed by atoms with E-state index in [0.29, 0.717) is 31.0 Å². The summed E-state index contributed by atoms with van der Waals surface area (Å²) >= 11 is 5.99. The van der Waals surface area contributed by atoms with Crippen LogP contribution in [0.15, 0.2) is 24.4 Å². The van der Waals surface area contributed by atoms with Crippen LogP contribution < -0.4 is 15.4 Å². The Morgan fingerprint density at radius 1 is 1.34 bits per heavy atom. The fourth-order valence-corrected chi connectivity index (χ4v) is 3.77. The van der Waals surface area contributed by atoms with Crippen LogP contribution in [0, 0.1) is 12.7 Å². The van der Waals surface area contributed by atoms with Gasteiger partial charge in [-0.1, -0.05) is 11.6 Å². The van der Waals surface area contributed by atoms with Gasteiger partial charge in [0.05, 0.1) is 29.6 Å². The summed E-state index contributed by atoms with van der Waals surface area (Å²) in [4.78, 5) is 30.6. The minimum Gasteiger partial charge on any atom is -0.480 e. The maximum atomic E-state index is 14.9. The van der Waals surface area contributed by atoms with Gasteiger partial charge in [-0.2, -0.15) is 13.2 Å². The Morgan fingerprint density at radius 3 is 2.69 bits per heavy atom. The van der Waals surface area contributed by atoms with E-state index in [1.54, 1.807) is 13.0 Å². The molecule has 1 aromatic heterocycles. The minimum atomic E-state index is -4.78. The first-order valence-electron chi connectivity index (χ1n) is 10.6. The number of aliphatic hydroxyl groups excluding tert-OH is 1. The summed E-state index contributed by atoms with van der Waals surface area (Å²) in [5.41, 5.74) is -0.436. The summed E-state index contributed by atoms with van der Waals surface area (Å²) < 4.78 is 59.4. The Hall–Kier alpha value is -3.12. The number of carbonyl (C=O) groups excluding carboxylic acids is 2. The summed E-state index contributed by atoms with van der Waals surface area (Å²) in [6.45, 7) is 2.37. The Kier molecular flexibility index (Phi) is 8.06. The molecule has 3 N–H and O–H groups in total. The molecule has 2 aromatic rings. The smallest absolute Gasteiger partial charge is 0.425 e. The van der Waals surface area contributed by atoms with Crippen molar-refractivity contribution >= 4 is 34.9 Å². The molecule has 13 heteroatoms. The van der Waals surface area contributed by atoms with Crippen molar-refractivity contribution in [1.82, 2.24) is 9.88 Å². The normalized spacial score (nSPS) is 16.7. The summed E-state index contributed by atoms with van der Waals surface area (Å²) in [7, 11) is 0. The lowest BCUT2D eigenvalue weighted by Crippen LogP contribution is -2.40. The van der Waals surface area contributed by atoms with E-state index in [0.717, 1.165) is 13.0 Å². The third-order valence-corrected chi connectivity index (χ3v) is 5.81. The van der Waals surface area contributed by atoms with Crippen LogP contribution in [0.4, 0.5) is 33.7 Å². The molecule has 2 heterocycles. The second-order valence-corrected chi connectivity index (χ2v) is 8.34. The molecule has 0 spiro atoms. The Bertz CT molecular complexity index is 1100. The Morgan fingerprint density at radius 2 is 2.06 bits per heavy atom. The quantitative estimate of drug-likeness (QED) is 0.378. The van der Waals surface area contributed by atoms with Gasteiger partial charge in [-0.05, 0) is 44.4 Å². The molecule has 3 amide bonds. The monoisotopic (exact) mass is 518 g/mol. The number of aryl methyl sites for hydroxylation is 1. The second-order valence-electron chi connectivity index (χ2n) is 7.98. The number of aromatic nitrogens is 1. The fourth-order valence-electron chi connectivity index (χ4n) is 3.52. The van der Waals surface area contributed by atoms with E-state index in [9.17, 15) is 32.3 Å². The summed E-state index contributed by atoms with van der Waals surface area (Å²) in [6.07, 6.45) is -4.54. The Labute approximate surface area is 203 Å². The summed E-state index contributed by atoms with van der Waals surface area (Å²) in [5, 5.41) is 14.0. The molecule has 1 aliphatic rings. The van der Waals surface area contributed by atoms with E-state index in [1.165, 1.54) is 11.1 Å². The van der Waals surface area contributed by atoms with Gasteiger partial charge in [-0.25, -0.2) is 14.2 Å². The summed E-state index contributed by atoms with van der Waals surface area (Å²) in [5.74, 6) is -2.69. The SMILES string of the molecule is Cc1ccnc(Cl)c1NC(=O)c1cc(F)c(NC(=O)N2CCCC2CO)cc1OC(C)C(F)(F)F. The molecule has 1 saturated heterocycles. The lowest BCUT2D eigenvalue weighted by Gasteiger charge is -2.24. The number of pyridine rings is 1. The maximum Gasteiger partial charge on any atom is 0.425 e. The predicted octanol–water partition coefficient (Wildman–Crippen LogP) is 4.75. The molecule has 0 saturated carbocycles. The highest BCUT2D eigenvalue weighted by Gasteiger charge is 2.39. The van der Waals surface area contributed by atoms with Gasteiger partial charge in [0.25, 0.3) is 5.91 Å². The van der Waals surface area contributed by atoms with Gasteiger partial charge >= 0.3 is 12.2 Å². The van der Waals surface area contributed by atoms with Gasteiger partial charge in [-0.15, -0.1) is 0 Å². The van der Waals surface area contributed by atoms with Gasteiger partial charge in [0, 0.05) is 18.8 Å². The van der Waals surface area contributed by atoms with Crippen molar-refractivity contribution in [3.05, 3.63) is 46.5 Å². The van der Waals surface area contributed by atoms with Crippen LogP contribution in [0.3, 0.4) is 0 Å². The predicted molar refractivity (Wildman–Crippen MR) is 120 cm³/mol. The number of ether oxygens (including phenoxy) is 1. The Balaban J connectivity index is 1.95. The topological polar surface area (TPSA) is 104 Å². The van der Waals surface area contributed by atoms with Crippen LogP contribution in [-0.2, 0) is 0 Å². The molecular formula is C22H23ClF4N4O4. The van der Waals surface area contributed by atoms with Crippen LogP contribution >= 0.6 is 11.6 Å². The molecule has 1 fully saturated rings. The van der Waals surface area contributed by atoms with E-state index in [1.807, 2.05) is 0 Å². The summed E-state index contributed by atoms with van der Waals surface area (Å²) in [6, 6.07) is 1.81. The lowest BCUT2D eigenvalue weighted by molar-refractivity contribution is -0.189. The van der Waals surface area contributed by atoms with Crippen LogP contribution in [0.1, 0.15) is 35.7 Å². The van der Waals surface area contributed by atoms with Gasteiger partial charge < -0.3 is 25.4 Å². The van der Waals surface area contributed by atoms with Gasteiger partial charge in [0.15, 0.2) is 11.3 Å². The number of aliphatic hydroxyl groups is 1. The molecule has 0 aliphatic carbocycles. The van der Waals surface area contributed by atoms with E-state index in [2.05, 4.69) is 15.6 Å². The van der Waals surface area contributed by atoms with E-state index in [-0.39, 0.29) is 17.4 Å². The van der Waals surface area contributed by atoms with Crippen molar-refractivity contribution in [2.45, 2.75) is 45.0 Å².